The fourth-order valence-corrected chi connectivity index (χ4v) is 13.0. The third-order valence-corrected chi connectivity index (χ3v) is 15.5. The molecular weight excluding hydrogens is 732 g/mol. The zero-order valence-electron chi connectivity index (χ0n) is 29.7. The van der Waals surface area contributed by atoms with Gasteiger partial charge in [0.05, 0.1) is 0 Å². The van der Waals surface area contributed by atoms with Crippen LogP contribution in [0, 0.1) is 50.2 Å². The van der Waals surface area contributed by atoms with Crippen LogP contribution in [0.5, 0.6) is 0 Å². The second-order valence-corrected chi connectivity index (χ2v) is 19.6. The molecule has 4 fully saturated rings. The number of nitrogens with one attached hydrogen (secondary N) is 2. The van der Waals surface area contributed by atoms with Crippen molar-refractivity contribution >= 4 is 55.2 Å². The van der Waals surface area contributed by atoms with Crippen molar-refractivity contribution in [2.24, 2.45) is 50.2 Å². The van der Waals surface area contributed by atoms with Gasteiger partial charge in [0.2, 0.25) is 5.91 Å². The Morgan fingerprint density at radius 2 is 1.50 bits per heavy atom. The highest BCUT2D eigenvalue weighted by atomic mass is 79.9. The number of hydrogen-bond acceptors (Lipinski definition) is 4. The Balaban J connectivity index is 1.22. The van der Waals surface area contributed by atoms with Gasteiger partial charge in [0.15, 0.2) is 11.6 Å². The summed E-state index contributed by atoms with van der Waals surface area (Å²) >= 11 is 6.86. The molecule has 260 valence electrons. The van der Waals surface area contributed by atoms with Gasteiger partial charge in [-0.05, 0) is 115 Å². The van der Waals surface area contributed by atoms with Crippen LogP contribution in [0.4, 0.5) is 0 Å². The van der Waals surface area contributed by atoms with Crippen molar-refractivity contribution in [1.82, 2.24) is 10.6 Å². The standard InChI is InChI=1S/C40H52Br2N2O4/c1-23-21-38(6)30(35(2,3)32(23)46)9-10-40(8)31(38)29(45)20-27-28-22-37(5,12-11-36(28,4)13-14-39(27,40)7)34(48)44-16-15-43-33(47)24-17-25(41)19-26(42)18-24/h17-20,28,30-31H,1,9-16,21-22H2,2-8H3,(H,43,47)(H,44,48)/t28-,30-,31+,36+,37-,38-,39+,40+/m0/s1. The van der Waals surface area contributed by atoms with Gasteiger partial charge in [0.1, 0.15) is 0 Å². The molecule has 8 heteroatoms. The van der Waals surface area contributed by atoms with E-state index in [-0.39, 0.29) is 62.8 Å². The monoisotopic (exact) mass is 782 g/mol. The van der Waals surface area contributed by atoms with E-state index in [2.05, 4.69) is 97.5 Å². The number of benzene rings is 1. The van der Waals surface area contributed by atoms with Crippen molar-refractivity contribution in [3.05, 3.63) is 56.5 Å². The molecule has 0 aromatic heterocycles. The van der Waals surface area contributed by atoms with Crippen LogP contribution in [0.2, 0.25) is 0 Å². The Labute approximate surface area is 303 Å². The topological polar surface area (TPSA) is 92.3 Å². The number of ketones is 2. The van der Waals surface area contributed by atoms with Crippen LogP contribution in [-0.2, 0) is 14.4 Å². The molecule has 0 spiro atoms. The number of halogens is 2. The van der Waals surface area contributed by atoms with Crippen LogP contribution in [0.3, 0.4) is 0 Å². The summed E-state index contributed by atoms with van der Waals surface area (Å²) in [6.07, 6.45) is 9.02. The molecule has 2 amide bonds. The maximum absolute atomic E-state index is 14.6. The summed E-state index contributed by atoms with van der Waals surface area (Å²) in [5, 5.41) is 6.05. The van der Waals surface area contributed by atoms with Gasteiger partial charge in [-0.1, -0.05) is 92.5 Å². The second kappa shape index (κ2) is 11.7. The molecule has 0 radical (unpaired) electrons. The lowest BCUT2D eigenvalue weighted by Gasteiger charge is -2.70. The summed E-state index contributed by atoms with van der Waals surface area (Å²) in [7, 11) is 0. The zero-order chi connectivity index (χ0) is 35.2. The van der Waals surface area contributed by atoms with E-state index in [1.807, 2.05) is 12.1 Å². The molecule has 1 aromatic rings. The van der Waals surface area contributed by atoms with E-state index in [1.165, 1.54) is 5.57 Å². The maximum Gasteiger partial charge on any atom is 0.251 e. The summed E-state index contributed by atoms with van der Waals surface area (Å²) in [5.74, 6) is 0.309. The highest BCUT2D eigenvalue weighted by Gasteiger charge is 2.70. The molecule has 5 aliphatic carbocycles. The number of carbonyl (C=O) groups excluding carboxylic acids is 4. The smallest absolute Gasteiger partial charge is 0.251 e. The molecule has 2 N–H and O–H groups in total. The number of amides is 2. The molecule has 0 aliphatic heterocycles. The normalized spacial score (nSPS) is 40.1. The number of hydrogen-bond donors (Lipinski definition) is 2. The van der Waals surface area contributed by atoms with Crippen LogP contribution < -0.4 is 10.6 Å². The fourth-order valence-electron chi connectivity index (χ4n) is 11.7. The molecule has 5 aliphatic rings. The van der Waals surface area contributed by atoms with Gasteiger partial charge in [0.25, 0.3) is 5.91 Å². The minimum atomic E-state index is -0.571. The van der Waals surface area contributed by atoms with Crippen molar-refractivity contribution in [1.29, 1.82) is 0 Å². The second-order valence-electron chi connectivity index (χ2n) is 17.8. The van der Waals surface area contributed by atoms with E-state index in [0.29, 0.717) is 37.1 Å². The lowest BCUT2D eigenvalue weighted by molar-refractivity contribution is -0.182. The van der Waals surface area contributed by atoms with Gasteiger partial charge in [-0.15, -0.1) is 0 Å². The molecule has 0 bridgehead atoms. The Morgan fingerprint density at radius 3 is 2.17 bits per heavy atom. The van der Waals surface area contributed by atoms with Gasteiger partial charge in [0, 0.05) is 44.3 Å². The van der Waals surface area contributed by atoms with Crippen LogP contribution in [0.15, 0.2) is 50.9 Å². The van der Waals surface area contributed by atoms with Crippen LogP contribution >= 0.6 is 31.9 Å². The first-order valence-corrected chi connectivity index (χ1v) is 19.3. The van der Waals surface area contributed by atoms with Gasteiger partial charge in [-0.2, -0.15) is 0 Å². The van der Waals surface area contributed by atoms with Crippen molar-refractivity contribution < 1.29 is 19.2 Å². The number of carbonyl (C=O) groups is 4. The first-order valence-electron chi connectivity index (χ1n) is 17.7. The predicted molar refractivity (Wildman–Crippen MR) is 196 cm³/mol. The lowest BCUT2D eigenvalue weighted by Crippen LogP contribution is -2.66. The number of Topliss-reactive ketones (excluding diaryl/α,β-unsaturated/α-hetero) is 1. The molecule has 0 saturated heterocycles. The molecule has 8 atom stereocenters. The van der Waals surface area contributed by atoms with Crippen molar-refractivity contribution in [3.63, 3.8) is 0 Å². The average molecular weight is 785 g/mol. The van der Waals surface area contributed by atoms with E-state index in [9.17, 15) is 19.2 Å². The van der Waals surface area contributed by atoms with Gasteiger partial charge in [-0.3, -0.25) is 19.2 Å². The molecule has 48 heavy (non-hydrogen) atoms. The lowest BCUT2D eigenvalue weighted by atomic mass is 9.33. The summed E-state index contributed by atoms with van der Waals surface area (Å²) < 4.78 is 1.63. The van der Waals surface area contributed by atoms with Crippen molar-refractivity contribution in [3.8, 4) is 0 Å². The van der Waals surface area contributed by atoms with Crippen LogP contribution in [0.25, 0.3) is 0 Å². The van der Waals surface area contributed by atoms with Crippen LogP contribution in [0.1, 0.15) is 110 Å². The summed E-state index contributed by atoms with van der Waals surface area (Å²) in [5.41, 5.74) is 0.675. The molecule has 6 rings (SSSR count). The molecule has 0 unspecified atom stereocenters. The van der Waals surface area contributed by atoms with E-state index in [1.54, 1.807) is 12.1 Å². The minimum absolute atomic E-state index is 0.0173. The highest BCUT2D eigenvalue weighted by molar-refractivity contribution is 9.11. The summed E-state index contributed by atoms with van der Waals surface area (Å²) in [6.45, 7) is 20.5. The van der Waals surface area contributed by atoms with Crippen LogP contribution in [-0.4, -0.2) is 36.5 Å². The Kier molecular flexibility index (Phi) is 8.75. The van der Waals surface area contributed by atoms with E-state index in [0.717, 1.165) is 47.5 Å². The molecule has 6 nitrogen and oxygen atoms in total. The fraction of sp³-hybridized carbons (Fsp3) is 0.650. The average Bonchev–Trinajstić information content (AvgIpc) is 2.99. The predicted octanol–water partition coefficient (Wildman–Crippen LogP) is 8.77. The zero-order valence-corrected chi connectivity index (χ0v) is 32.9. The molecular formula is C40H52Br2N2O4. The SMILES string of the molecule is C=C1C[C@]2(C)[C@H]3C(=O)C=C4[C@@H]5C[C@@](C)(C(=O)NCCNC(=O)c6cc(Br)cc(Br)c6)CC[C@]5(C)CC[C@@]4(C)[C@]3(C)CC[C@H]2C(C)(C)C1=O. The third-order valence-electron chi connectivity index (χ3n) is 14.6. The number of rotatable bonds is 5. The largest absolute Gasteiger partial charge is 0.354 e. The molecule has 1 aromatic carbocycles. The first-order chi connectivity index (χ1) is 22.2. The maximum atomic E-state index is 14.6. The highest BCUT2D eigenvalue weighted by Crippen LogP contribution is 2.75. The van der Waals surface area contributed by atoms with Crippen molar-refractivity contribution in [2.45, 2.75) is 99.8 Å². The van der Waals surface area contributed by atoms with Crippen molar-refractivity contribution in [2.75, 3.05) is 13.1 Å². The summed E-state index contributed by atoms with van der Waals surface area (Å²) in [6, 6.07) is 5.41. The third kappa shape index (κ3) is 5.27. The van der Waals surface area contributed by atoms with Gasteiger partial charge in [-0.25, -0.2) is 0 Å². The molecule has 4 saturated carbocycles. The Morgan fingerprint density at radius 1 is 0.875 bits per heavy atom. The van der Waals surface area contributed by atoms with Gasteiger partial charge >= 0.3 is 0 Å². The number of allylic oxidation sites excluding steroid dienone is 3. The Hall–Kier alpha value is -2.06. The molecule has 0 heterocycles. The van der Waals surface area contributed by atoms with E-state index < -0.39 is 10.8 Å². The Bertz CT molecular complexity index is 1630. The summed E-state index contributed by atoms with van der Waals surface area (Å²) in [4.78, 5) is 54.5. The van der Waals surface area contributed by atoms with E-state index >= 15 is 0 Å². The minimum Gasteiger partial charge on any atom is -0.354 e. The van der Waals surface area contributed by atoms with E-state index in [4.69, 9.17) is 0 Å². The quantitative estimate of drug-likeness (QED) is 0.231. The number of fused-ring (bicyclic) bond motifs is 7. The first kappa shape index (κ1) is 35.8. The van der Waals surface area contributed by atoms with Gasteiger partial charge < -0.3 is 10.6 Å².